The molecule has 1 unspecified atom stereocenters. The number of rotatable bonds is 51. The van der Waals surface area contributed by atoms with Gasteiger partial charge in [0.1, 0.15) is 13.2 Å². The molecule has 0 aromatic heterocycles. The zero-order valence-corrected chi connectivity index (χ0v) is 43.3. The average Bonchev–Trinajstić information content (AvgIpc) is 3.30. The Balaban J connectivity index is 4.35. The summed E-state index contributed by atoms with van der Waals surface area (Å²) in [4.78, 5) is 38.1. The maximum atomic E-state index is 12.8. The summed E-state index contributed by atoms with van der Waals surface area (Å²) in [5, 5.41) is 0. The van der Waals surface area contributed by atoms with Crippen molar-refractivity contribution in [2.75, 3.05) is 13.2 Å². The molecule has 0 N–H and O–H groups in total. The molecule has 0 aliphatic carbocycles. The van der Waals surface area contributed by atoms with Crippen molar-refractivity contribution >= 4 is 17.9 Å². The van der Waals surface area contributed by atoms with Crippen molar-refractivity contribution in [2.45, 2.75) is 297 Å². The van der Waals surface area contributed by atoms with Gasteiger partial charge in [-0.25, -0.2) is 0 Å². The van der Waals surface area contributed by atoms with Gasteiger partial charge in [-0.15, -0.1) is 0 Å². The van der Waals surface area contributed by atoms with Crippen LogP contribution in [0.1, 0.15) is 290 Å². The zero-order valence-electron chi connectivity index (χ0n) is 43.3. The maximum absolute atomic E-state index is 12.8. The minimum absolute atomic E-state index is 0.0819. The predicted molar refractivity (Wildman–Crippen MR) is 279 cm³/mol. The van der Waals surface area contributed by atoms with Gasteiger partial charge in [0.2, 0.25) is 0 Å². The second-order valence-corrected chi connectivity index (χ2v) is 18.8. The summed E-state index contributed by atoms with van der Waals surface area (Å²) < 4.78 is 16.8. The van der Waals surface area contributed by atoms with E-state index in [4.69, 9.17) is 14.2 Å². The van der Waals surface area contributed by atoms with E-state index < -0.39 is 6.10 Å². The van der Waals surface area contributed by atoms with Crippen molar-refractivity contribution < 1.29 is 28.6 Å². The summed E-state index contributed by atoms with van der Waals surface area (Å²) in [5.41, 5.74) is 0. The SMILES string of the molecule is CC/C=C\C/C=C\C/C=C\C/C=C\CCCCCC(=O)OC(COC(=O)CCCCCCCCCCCCCC)COC(=O)CCCCCCCCCCCCCCCCCCCCC. The summed E-state index contributed by atoms with van der Waals surface area (Å²) in [6.07, 6.45) is 65.3. The van der Waals surface area contributed by atoms with Crippen LogP contribution in [0.25, 0.3) is 0 Å². The van der Waals surface area contributed by atoms with Gasteiger partial charge in [-0.1, -0.05) is 262 Å². The van der Waals surface area contributed by atoms with E-state index in [9.17, 15) is 14.4 Å². The number of esters is 3. The molecule has 0 radical (unpaired) electrons. The molecular formula is C59H106O6. The largest absolute Gasteiger partial charge is 0.462 e. The number of unbranched alkanes of at least 4 members (excludes halogenated alkanes) is 32. The van der Waals surface area contributed by atoms with Gasteiger partial charge in [-0.05, 0) is 57.8 Å². The Bertz CT molecular complexity index is 1140. The standard InChI is InChI=1S/C59H106O6/c1-4-7-10-13-16-19-22-25-27-29-30-31-33-34-37-40-43-46-49-52-58(61)64-55-56(54-63-57(60)51-48-45-42-39-36-24-21-18-15-12-9-6-3)65-59(62)53-50-47-44-41-38-35-32-28-26-23-20-17-14-11-8-5-2/h8,11,17,20,26,28,35,38,56H,4-7,9-10,12-16,18-19,21-25,27,29-34,36-37,39-55H2,1-3H3/b11-8-,20-17-,28-26-,38-35-. The quantitative estimate of drug-likeness (QED) is 0.0262. The normalized spacial score (nSPS) is 12.4. The van der Waals surface area contributed by atoms with E-state index in [1.54, 1.807) is 0 Å². The summed E-state index contributed by atoms with van der Waals surface area (Å²) in [7, 11) is 0. The third-order valence-corrected chi connectivity index (χ3v) is 12.3. The molecule has 0 fully saturated rings. The van der Waals surface area contributed by atoms with Crippen molar-refractivity contribution in [1.29, 1.82) is 0 Å². The summed E-state index contributed by atoms with van der Waals surface area (Å²) >= 11 is 0. The van der Waals surface area contributed by atoms with E-state index in [0.29, 0.717) is 19.3 Å². The van der Waals surface area contributed by atoms with Crippen LogP contribution < -0.4 is 0 Å². The van der Waals surface area contributed by atoms with Crippen LogP contribution in [0, 0.1) is 0 Å². The van der Waals surface area contributed by atoms with Crippen LogP contribution >= 0.6 is 0 Å². The number of hydrogen-bond donors (Lipinski definition) is 0. The van der Waals surface area contributed by atoms with Gasteiger partial charge in [0.05, 0.1) is 0 Å². The van der Waals surface area contributed by atoms with Crippen molar-refractivity contribution in [3.8, 4) is 0 Å². The highest BCUT2D eigenvalue weighted by Gasteiger charge is 2.19. The molecule has 0 aliphatic rings. The van der Waals surface area contributed by atoms with Crippen molar-refractivity contribution in [2.24, 2.45) is 0 Å². The monoisotopic (exact) mass is 911 g/mol. The molecule has 378 valence electrons. The second kappa shape index (κ2) is 54.0. The second-order valence-electron chi connectivity index (χ2n) is 18.8. The summed E-state index contributed by atoms with van der Waals surface area (Å²) in [6.45, 7) is 6.53. The topological polar surface area (TPSA) is 78.9 Å². The molecule has 65 heavy (non-hydrogen) atoms. The molecule has 0 amide bonds. The Morgan fingerprint density at radius 3 is 0.938 bits per heavy atom. The fourth-order valence-electron chi connectivity index (χ4n) is 8.14. The van der Waals surface area contributed by atoms with Gasteiger partial charge in [0.25, 0.3) is 0 Å². The Kier molecular flexibility index (Phi) is 51.8. The molecule has 0 bridgehead atoms. The van der Waals surface area contributed by atoms with Gasteiger partial charge < -0.3 is 14.2 Å². The lowest BCUT2D eigenvalue weighted by molar-refractivity contribution is -0.167. The number of hydrogen-bond acceptors (Lipinski definition) is 6. The molecule has 0 aliphatic heterocycles. The summed E-state index contributed by atoms with van der Waals surface area (Å²) in [6, 6.07) is 0. The van der Waals surface area contributed by atoms with E-state index in [-0.39, 0.29) is 31.1 Å². The Morgan fingerprint density at radius 1 is 0.323 bits per heavy atom. The lowest BCUT2D eigenvalue weighted by Gasteiger charge is -2.18. The average molecular weight is 911 g/mol. The molecule has 6 heteroatoms. The zero-order chi connectivity index (χ0) is 47.2. The molecule has 0 aromatic carbocycles. The molecule has 0 saturated heterocycles. The first-order valence-electron chi connectivity index (χ1n) is 28.1. The highest BCUT2D eigenvalue weighted by molar-refractivity contribution is 5.71. The lowest BCUT2D eigenvalue weighted by Crippen LogP contribution is -2.30. The van der Waals surface area contributed by atoms with Crippen LogP contribution in [0.4, 0.5) is 0 Å². The van der Waals surface area contributed by atoms with Gasteiger partial charge in [0.15, 0.2) is 6.10 Å². The minimum atomic E-state index is -0.785. The van der Waals surface area contributed by atoms with Crippen molar-refractivity contribution in [3.63, 3.8) is 0 Å². The van der Waals surface area contributed by atoms with Crippen LogP contribution in [0.2, 0.25) is 0 Å². The van der Waals surface area contributed by atoms with Gasteiger partial charge in [0, 0.05) is 19.3 Å². The molecule has 6 nitrogen and oxygen atoms in total. The maximum Gasteiger partial charge on any atom is 0.306 e. The Morgan fingerprint density at radius 2 is 0.600 bits per heavy atom. The van der Waals surface area contributed by atoms with E-state index in [0.717, 1.165) is 89.9 Å². The first kappa shape index (κ1) is 62.4. The fourth-order valence-corrected chi connectivity index (χ4v) is 8.14. The molecule has 1 atom stereocenters. The van der Waals surface area contributed by atoms with E-state index in [2.05, 4.69) is 69.4 Å². The molecule has 0 saturated carbocycles. The molecule has 0 spiro atoms. The number of allylic oxidation sites excluding steroid dienone is 8. The van der Waals surface area contributed by atoms with Crippen LogP contribution in [-0.4, -0.2) is 37.2 Å². The van der Waals surface area contributed by atoms with Crippen molar-refractivity contribution in [3.05, 3.63) is 48.6 Å². The van der Waals surface area contributed by atoms with E-state index in [1.165, 1.54) is 161 Å². The Hall–Kier alpha value is -2.63. The third-order valence-electron chi connectivity index (χ3n) is 12.3. The van der Waals surface area contributed by atoms with Crippen LogP contribution in [0.3, 0.4) is 0 Å². The van der Waals surface area contributed by atoms with Crippen LogP contribution in [-0.2, 0) is 28.6 Å². The van der Waals surface area contributed by atoms with Crippen LogP contribution in [0.5, 0.6) is 0 Å². The number of carbonyl (C=O) groups is 3. The predicted octanol–water partition coefficient (Wildman–Crippen LogP) is 18.7. The lowest BCUT2D eigenvalue weighted by atomic mass is 10.0. The van der Waals surface area contributed by atoms with Gasteiger partial charge in [-0.3, -0.25) is 14.4 Å². The first-order chi connectivity index (χ1) is 32.0. The minimum Gasteiger partial charge on any atom is -0.462 e. The summed E-state index contributed by atoms with van der Waals surface area (Å²) in [5.74, 6) is -0.899. The van der Waals surface area contributed by atoms with Gasteiger partial charge >= 0.3 is 17.9 Å². The van der Waals surface area contributed by atoms with Gasteiger partial charge in [-0.2, -0.15) is 0 Å². The highest BCUT2D eigenvalue weighted by Crippen LogP contribution is 2.17. The number of ether oxygens (including phenoxy) is 3. The van der Waals surface area contributed by atoms with E-state index >= 15 is 0 Å². The molecule has 0 heterocycles. The highest BCUT2D eigenvalue weighted by atomic mass is 16.6. The smallest absolute Gasteiger partial charge is 0.306 e. The first-order valence-corrected chi connectivity index (χ1v) is 28.1. The third kappa shape index (κ3) is 52.2. The molecular weight excluding hydrogens is 805 g/mol. The molecule has 0 rings (SSSR count). The van der Waals surface area contributed by atoms with Crippen LogP contribution in [0.15, 0.2) is 48.6 Å². The fraction of sp³-hybridized carbons (Fsp3) is 0.814. The Labute approximate surface area is 403 Å². The molecule has 0 aromatic rings. The van der Waals surface area contributed by atoms with Crippen molar-refractivity contribution in [1.82, 2.24) is 0 Å². The van der Waals surface area contributed by atoms with E-state index in [1.807, 2.05) is 0 Å². The number of carbonyl (C=O) groups excluding carboxylic acids is 3.